The Balaban J connectivity index is 1.55. The lowest BCUT2D eigenvalue weighted by atomic mass is 10.1. The minimum Gasteiger partial charge on any atom is -0.379 e. The molecule has 1 aromatic carbocycles. The average Bonchev–Trinajstić information content (AvgIpc) is 3.13. The van der Waals surface area contributed by atoms with Gasteiger partial charge in [0.15, 0.2) is 0 Å². The van der Waals surface area contributed by atoms with Gasteiger partial charge in [-0.1, -0.05) is 0 Å². The molecule has 1 fully saturated rings. The van der Waals surface area contributed by atoms with E-state index in [9.17, 15) is 4.79 Å². The molecule has 0 bridgehead atoms. The van der Waals surface area contributed by atoms with Crippen LogP contribution < -0.4 is 5.32 Å². The van der Waals surface area contributed by atoms with Gasteiger partial charge >= 0.3 is 0 Å². The second-order valence-corrected chi connectivity index (χ2v) is 7.06. The summed E-state index contributed by atoms with van der Waals surface area (Å²) in [5.41, 5.74) is 2.89. The Bertz CT molecular complexity index is 961. The number of morpholine rings is 1. The van der Waals surface area contributed by atoms with E-state index >= 15 is 0 Å². The maximum Gasteiger partial charge on any atom is 0.251 e. The summed E-state index contributed by atoms with van der Waals surface area (Å²) >= 11 is 0. The standard InChI is InChI=1S/C19H24N6O2/c1-13(2)25-12-21-18-17(25)15-11-14(3-4-16(15)22-23-18)19(26)20-5-6-24-7-9-27-10-8-24/h3-4,11-13H,5-10H2,1-2H3,(H,20,26). The lowest BCUT2D eigenvalue weighted by Gasteiger charge is -2.26. The van der Waals surface area contributed by atoms with Crippen molar-refractivity contribution in [2.24, 2.45) is 0 Å². The Hall–Kier alpha value is -2.58. The van der Waals surface area contributed by atoms with Crippen molar-refractivity contribution in [3.63, 3.8) is 0 Å². The Labute approximate surface area is 157 Å². The topological polar surface area (TPSA) is 85.2 Å². The van der Waals surface area contributed by atoms with Gasteiger partial charge in [0.05, 0.1) is 30.6 Å². The number of carbonyl (C=O) groups excluding carboxylic acids is 1. The molecule has 142 valence electrons. The SMILES string of the molecule is CC(C)n1cnc2nnc3ccc(C(=O)NCCN4CCOCC4)cc3c21. The number of rotatable bonds is 5. The van der Waals surface area contributed by atoms with E-state index in [0.29, 0.717) is 17.8 Å². The van der Waals surface area contributed by atoms with Crippen molar-refractivity contribution in [3.8, 4) is 0 Å². The Morgan fingerprint density at radius 1 is 1.26 bits per heavy atom. The number of hydrogen-bond donors (Lipinski definition) is 1. The monoisotopic (exact) mass is 368 g/mol. The first-order valence-corrected chi connectivity index (χ1v) is 9.35. The number of nitrogens with one attached hydrogen (secondary N) is 1. The molecule has 1 amide bonds. The van der Waals surface area contributed by atoms with Gasteiger partial charge in [0.25, 0.3) is 5.91 Å². The molecule has 27 heavy (non-hydrogen) atoms. The molecule has 0 atom stereocenters. The van der Waals surface area contributed by atoms with Crippen LogP contribution in [0, 0.1) is 0 Å². The number of benzene rings is 1. The lowest BCUT2D eigenvalue weighted by molar-refractivity contribution is 0.0383. The van der Waals surface area contributed by atoms with Crippen LogP contribution in [-0.4, -0.2) is 69.9 Å². The van der Waals surface area contributed by atoms with Crippen molar-refractivity contribution in [1.82, 2.24) is 30.0 Å². The second kappa shape index (κ2) is 7.58. The van der Waals surface area contributed by atoms with Gasteiger partial charge in [-0.05, 0) is 32.0 Å². The number of amides is 1. The molecule has 0 radical (unpaired) electrons. The van der Waals surface area contributed by atoms with Crippen LogP contribution in [0.25, 0.3) is 22.1 Å². The van der Waals surface area contributed by atoms with Gasteiger partial charge in [0.1, 0.15) is 0 Å². The molecule has 8 nitrogen and oxygen atoms in total. The molecule has 1 N–H and O–H groups in total. The van der Waals surface area contributed by atoms with Crippen molar-refractivity contribution in [2.45, 2.75) is 19.9 Å². The molecule has 1 saturated heterocycles. The summed E-state index contributed by atoms with van der Waals surface area (Å²) in [4.78, 5) is 19.2. The molecule has 3 aromatic rings. The maximum atomic E-state index is 12.6. The Morgan fingerprint density at radius 3 is 2.85 bits per heavy atom. The Morgan fingerprint density at radius 2 is 2.07 bits per heavy atom. The molecule has 2 aromatic heterocycles. The van der Waals surface area contributed by atoms with E-state index in [0.717, 1.165) is 49.3 Å². The van der Waals surface area contributed by atoms with E-state index in [2.05, 4.69) is 43.8 Å². The Kier molecular flexibility index (Phi) is 5.00. The third-order valence-corrected chi connectivity index (χ3v) is 4.91. The normalized spacial score (nSPS) is 15.7. The van der Waals surface area contributed by atoms with E-state index < -0.39 is 0 Å². The second-order valence-electron chi connectivity index (χ2n) is 7.06. The van der Waals surface area contributed by atoms with E-state index in [-0.39, 0.29) is 11.9 Å². The zero-order valence-corrected chi connectivity index (χ0v) is 15.7. The van der Waals surface area contributed by atoms with Crippen LogP contribution in [0.4, 0.5) is 0 Å². The van der Waals surface area contributed by atoms with Crippen molar-refractivity contribution in [2.75, 3.05) is 39.4 Å². The summed E-state index contributed by atoms with van der Waals surface area (Å²) < 4.78 is 7.41. The summed E-state index contributed by atoms with van der Waals surface area (Å²) in [6.07, 6.45) is 1.78. The minimum absolute atomic E-state index is 0.0780. The number of ether oxygens (including phenoxy) is 1. The molecule has 8 heteroatoms. The van der Waals surface area contributed by atoms with Crippen LogP contribution in [-0.2, 0) is 4.74 Å². The summed E-state index contributed by atoms with van der Waals surface area (Å²) in [6, 6.07) is 5.77. The van der Waals surface area contributed by atoms with E-state index in [4.69, 9.17) is 4.74 Å². The smallest absolute Gasteiger partial charge is 0.251 e. The first-order chi connectivity index (χ1) is 13.1. The molecule has 3 heterocycles. The number of fused-ring (bicyclic) bond motifs is 3. The molecule has 4 rings (SSSR count). The van der Waals surface area contributed by atoms with Gasteiger partial charge in [0.2, 0.25) is 5.65 Å². The van der Waals surface area contributed by atoms with Crippen LogP contribution in [0.5, 0.6) is 0 Å². The predicted molar refractivity (Wildman–Crippen MR) is 103 cm³/mol. The fraction of sp³-hybridized carbons (Fsp3) is 0.474. The number of imidazole rings is 1. The summed E-state index contributed by atoms with van der Waals surface area (Å²) in [5, 5.41) is 12.3. The third kappa shape index (κ3) is 3.63. The van der Waals surface area contributed by atoms with E-state index in [1.165, 1.54) is 0 Å². The highest BCUT2D eigenvalue weighted by Gasteiger charge is 2.15. The zero-order chi connectivity index (χ0) is 18.8. The third-order valence-electron chi connectivity index (χ3n) is 4.91. The van der Waals surface area contributed by atoms with Crippen molar-refractivity contribution in [3.05, 3.63) is 30.1 Å². The summed E-state index contributed by atoms with van der Waals surface area (Å²) in [7, 11) is 0. The minimum atomic E-state index is -0.0780. The fourth-order valence-electron chi connectivity index (χ4n) is 3.39. The van der Waals surface area contributed by atoms with Gasteiger partial charge < -0.3 is 14.6 Å². The fourth-order valence-corrected chi connectivity index (χ4v) is 3.39. The number of aromatic nitrogens is 4. The lowest BCUT2D eigenvalue weighted by Crippen LogP contribution is -2.41. The van der Waals surface area contributed by atoms with Crippen molar-refractivity contribution in [1.29, 1.82) is 0 Å². The zero-order valence-electron chi connectivity index (χ0n) is 15.7. The van der Waals surface area contributed by atoms with Crippen molar-refractivity contribution >= 4 is 28.0 Å². The highest BCUT2D eigenvalue weighted by molar-refractivity contribution is 6.05. The summed E-state index contributed by atoms with van der Waals surface area (Å²) in [5.74, 6) is -0.0780. The molecule has 0 aliphatic carbocycles. The molecule has 0 saturated carbocycles. The van der Waals surface area contributed by atoms with E-state index in [1.54, 1.807) is 12.4 Å². The largest absolute Gasteiger partial charge is 0.379 e. The summed E-state index contributed by atoms with van der Waals surface area (Å²) in [6.45, 7) is 9.00. The van der Waals surface area contributed by atoms with Crippen LogP contribution in [0.2, 0.25) is 0 Å². The average molecular weight is 368 g/mol. The highest BCUT2D eigenvalue weighted by Crippen LogP contribution is 2.25. The highest BCUT2D eigenvalue weighted by atomic mass is 16.5. The van der Waals surface area contributed by atoms with Crippen molar-refractivity contribution < 1.29 is 9.53 Å². The molecular weight excluding hydrogens is 344 g/mol. The molecular formula is C19H24N6O2. The van der Waals surface area contributed by atoms with Gasteiger partial charge in [-0.3, -0.25) is 9.69 Å². The first-order valence-electron chi connectivity index (χ1n) is 9.35. The number of nitrogens with zero attached hydrogens (tertiary/aromatic N) is 5. The van der Waals surface area contributed by atoms with Gasteiger partial charge in [-0.15, -0.1) is 10.2 Å². The van der Waals surface area contributed by atoms with Crippen LogP contribution >= 0.6 is 0 Å². The molecule has 1 aliphatic rings. The van der Waals surface area contributed by atoms with Gasteiger partial charge in [-0.25, -0.2) is 4.98 Å². The van der Waals surface area contributed by atoms with E-state index in [1.807, 2.05) is 12.1 Å². The first kappa shape index (κ1) is 17.8. The molecule has 1 aliphatic heterocycles. The van der Waals surface area contributed by atoms with Crippen LogP contribution in [0.3, 0.4) is 0 Å². The maximum absolute atomic E-state index is 12.6. The predicted octanol–water partition coefficient (Wildman–Crippen LogP) is 1.62. The number of hydrogen-bond acceptors (Lipinski definition) is 6. The van der Waals surface area contributed by atoms with Crippen LogP contribution in [0.1, 0.15) is 30.2 Å². The molecule has 0 spiro atoms. The van der Waals surface area contributed by atoms with Crippen LogP contribution in [0.15, 0.2) is 24.5 Å². The quantitative estimate of drug-likeness (QED) is 0.737. The van der Waals surface area contributed by atoms with Gasteiger partial charge in [-0.2, -0.15) is 0 Å². The van der Waals surface area contributed by atoms with Gasteiger partial charge in [0, 0.05) is 43.2 Å². The molecule has 0 unspecified atom stereocenters. The number of carbonyl (C=O) groups is 1.